The summed E-state index contributed by atoms with van der Waals surface area (Å²) >= 11 is 12.0. The molecule has 0 unspecified atom stereocenters. The molecule has 0 fully saturated rings. The van der Waals surface area contributed by atoms with Gasteiger partial charge in [-0.1, -0.05) is 47.5 Å². The lowest BCUT2D eigenvalue weighted by Gasteiger charge is -2.18. The van der Waals surface area contributed by atoms with E-state index in [0.29, 0.717) is 22.2 Å². The maximum atomic E-state index is 13.0. The van der Waals surface area contributed by atoms with Crippen LogP contribution in [0.5, 0.6) is 0 Å². The van der Waals surface area contributed by atoms with Crippen LogP contribution in [0.15, 0.2) is 72.8 Å². The lowest BCUT2D eigenvalue weighted by molar-refractivity contribution is -0.131. The number of halogens is 2. The first-order chi connectivity index (χ1) is 15.8. The highest BCUT2D eigenvalue weighted by atomic mass is 35.5. The van der Waals surface area contributed by atoms with Crippen molar-refractivity contribution in [3.63, 3.8) is 0 Å². The van der Waals surface area contributed by atoms with Crippen LogP contribution in [0.25, 0.3) is 11.0 Å². The van der Waals surface area contributed by atoms with Crippen LogP contribution < -0.4 is 5.62 Å². The van der Waals surface area contributed by atoms with Crippen molar-refractivity contribution >= 4 is 45.9 Å². The SMILES string of the molecule is CN(Cc1cccc(Cl)c1)C(=O)Cn1c(=N)n(CC(=O)c2ccc(Cl)cc2)c2ccccc21. The van der Waals surface area contributed by atoms with Crippen LogP contribution >= 0.6 is 23.2 Å². The quantitative estimate of drug-likeness (QED) is 0.387. The molecule has 0 aliphatic rings. The van der Waals surface area contributed by atoms with E-state index in [-0.39, 0.29) is 30.4 Å². The Kier molecular flexibility index (Phi) is 6.67. The van der Waals surface area contributed by atoms with Crippen molar-refractivity contribution in [2.75, 3.05) is 7.05 Å². The number of likely N-dealkylation sites (N-methyl/N-ethyl adjacent to an activating group) is 1. The van der Waals surface area contributed by atoms with E-state index in [2.05, 4.69) is 0 Å². The van der Waals surface area contributed by atoms with Gasteiger partial charge < -0.3 is 14.0 Å². The fraction of sp³-hybridized carbons (Fsp3) is 0.160. The van der Waals surface area contributed by atoms with Gasteiger partial charge in [0, 0.05) is 29.2 Å². The summed E-state index contributed by atoms with van der Waals surface area (Å²) in [6, 6.07) is 21.4. The van der Waals surface area contributed by atoms with Crippen molar-refractivity contribution in [1.82, 2.24) is 14.0 Å². The highest BCUT2D eigenvalue weighted by Crippen LogP contribution is 2.16. The van der Waals surface area contributed by atoms with Crippen molar-refractivity contribution in [2.24, 2.45) is 0 Å². The molecule has 0 aliphatic carbocycles. The molecule has 33 heavy (non-hydrogen) atoms. The topological polar surface area (TPSA) is 71.1 Å². The Morgan fingerprint density at radius 1 is 0.848 bits per heavy atom. The molecular formula is C25H22Cl2N4O2. The molecule has 0 bridgehead atoms. The summed E-state index contributed by atoms with van der Waals surface area (Å²) in [5, 5.41) is 9.88. The van der Waals surface area contributed by atoms with E-state index in [1.807, 2.05) is 42.5 Å². The van der Waals surface area contributed by atoms with Gasteiger partial charge in [-0.25, -0.2) is 0 Å². The molecule has 0 spiro atoms. The molecule has 0 saturated carbocycles. The van der Waals surface area contributed by atoms with Gasteiger partial charge in [-0.05, 0) is 54.1 Å². The highest BCUT2D eigenvalue weighted by molar-refractivity contribution is 6.30. The number of rotatable bonds is 7. The number of Topliss-reactive ketones (excluding diaryl/α,β-unsaturated/α-hetero) is 1. The van der Waals surface area contributed by atoms with Crippen molar-refractivity contribution in [1.29, 1.82) is 5.41 Å². The number of nitrogens with zero attached hydrogens (tertiary/aromatic N) is 3. The molecule has 1 amide bonds. The van der Waals surface area contributed by atoms with E-state index in [0.717, 1.165) is 16.6 Å². The number of imidazole rings is 1. The molecule has 1 aromatic heterocycles. The first-order valence-electron chi connectivity index (χ1n) is 10.3. The number of carbonyl (C=O) groups excluding carboxylic acids is 2. The van der Waals surface area contributed by atoms with Crippen molar-refractivity contribution in [3.8, 4) is 0 Å². The maximum Gasteiger partial charge on any atom is 0.242 e. The van der Waals surface area contributed by atoms with Crippen molar-refractivity contribution in [2.45, 2.75) is 19.6 Å². The molecule has 1 heterocycles. The maximum absolute atomic E-state index is 13.0. The minimum Gasteiger partial charge on any atom is -0.340 e. The summed E-state index contributed by atoms with van der Waals surface area (Å²) in [7, 11) is 1.72. The second kappa shape index (κ2) is 9.65. The summed E-state index contributed by atoms with van der Waals surface area (Å²) in [5.41, 5.74) is 2.96. The number of para-hydroxylation sites is 2. The first kappa shape index (κ1) is 22.8. The summed E-state index contributed by atoms with van der Waals surface area (Å²) in [6.07, 6.45) is 0. The normalized spacial score (nSPS) is 11.0. The van der Waals surface area contributed by atoms with E-state index in [1.54, 1.807) is 51.4 Å². The first-order valence-corrected chi connectivity index (χ1v) is 11.1. The van der Waals surface area contributed by atoms with Crippen molar-refractivity contribution < 1.29 is 9.59 Å². The minimum atomic E-state index is -0.152. The molecule has 168 valence electrons. The number of amides is 1. The number of benzene rings is 3. The average molecular weight is 481 g/mol. The standard InChI is InChI=1S/C25H22Cl2N4O2/c1-29(14-17-5-4-6-20(27)13-17)24(33)16-31-22-8-3-2-7-21(22)30(25(31)28)15-23(32)18-9-11-19(26)12-10-18/h2-13,28H,14-16H2,1H3. The van der Waals surface area contributed by atoms with Crippen LogP contribution in [0.2, 0.25) is 10.0 Å². The predicted molar refractivity (Wildman–Crippen MR) is 129 cm³/mol. The van der Waals surface area contributed by atoms with Gasteiger partial charge in [0.2, 0.25) is 11.5 Å². The van der Waals surface area contributed by atoms with Gasteiger partial charge in [0.15, 0.2) is 5.78 Å². The summed E-state index contributed by atoms with van der Waals surface area (Å²) in [6.45, 7) is 0.375. The Bertz CT molecular complexity index is 1390. The van der Waals surface area contributed by atoms with Gasteiger partial charge >= 0.3 is 0 Å². The Morgan fingerprint density at radius 2 is 1.48 bits per heavy atom. The molecule has 0 saturated heterocycles. The number of hydrogen-bond donors (Lipinski definition) is 1. The molecule has 8 heteroatoms. The average Bonchev–Trinajstić information content (AvgIpc) is 3.05. The van der Waals surface area contributed by atoms with Crippen molar-refractivity contribution in [3.05, 3.63) is 99.6 Å². The van der Waals surface area contributed by atoms with Crippen LogP contribution in [0.4, 0.5) is 0 Å². The fourth-order valence-electron chi connectivity index (χ4n) is 3.74. The summed E-state index contributed by atoms with van der Waals surface area (Å²) < 4.78 is 3.25. The van der Waals surface area contributed by atoms with Crippen LogP contribution in [-0.2, 0) is 24.4 Å². The van der Waals surface area contributed by atoms with Gasteiger partial charge in [-0.2, -0.15) is 0 Å². The number of fused-ring (bicyclic) bond motifs is 1. The van der Waals surface area contributed by atoms with Crippen LogP contribution in [0.1, 0.15) is 15.9 Å². The molecule has 4 rings (SSSR count). The second-order valence-electron chi connectivity index (χ2n) is 7.79. The van der Waals surface area contributed by atoms with E-state index < -0.39 is 0 Å². The number of nitrogens with one attached hydrogen (secondary N) is 1. The molecule has 1 N–H and O–H groups in total. The second-order valence-corrected chi connectivity index (χ2v) is 8.67. The van der Waals surface area contributed by atoms with Gasteiger partial charge in [0.05, 0.1) is 17.6 Å². The molecular weight excluding hydrogens is 459 g/mol. The van der Waals surface area contributed by atoms with Gasteiger partial charge in [0.25, 0.3) is 0 Å². The van der Waals surface area contributed by atoms with E-state index in [4.69, 9.17) is 28.6 Å². The summed E-state index contributed by atoms with van der Waals surface area (Å²) in [5.74, 6) is -0.294. The zero-order valence-corrected chi connectivity index (χ0v) is 19.5. The largest absolute Gasteiger partial charge is 0.340 e. The molecule has 4 aromatic rings. The highest BCUT2D eigenvalue weighted by Gasteiger charge is 2.18. The lowest BCUT2D eigenvalue weighted by atomic mass is 10.1. The molecule has 0 radical (unpaired) electrons. The Morgan fingerprint density at radius 3 is 2.12 bits per heavy atom. The Hall–Kier alpha value is -3.35. The summed E-state index contributed by atoms with van der Waals surface area (Å²) in [4.78, 5) is 27.4. The van der Waals surface area contributed by atoms with E-state index >= 15 is 0 Å². The van der Waals surface area contributed by atoms with E-state index in [9.17, 15) is 9.59 Å². The third-order valence-electron chi connectivity index (χ3n) is 5.47. The molecule has 6 nitrogen and oxygen atoms in total. The lowest BCUT2D eigenvalue weighted by Crippen LogP contribution is -2.35. The third-order valence-corrected chi connectivity index (χ3v) is 5.96. The van der Waals surface area contributed by atoms with Gasteiger partial charge in [-0.3, -0.25) is 15.0 Å². The zero-order valence-electron chi connectivity index (χ0n) is 18.0. The number of carbonyl (C=O) groups is 2. The van der Waals surface area contributed by atoms with Crippen LogP contribution in [0.3, 0.4) is 0 Å². The third kappa shape index (κ3) is 5.02. The molecule has 0 aliphatic heterocycles. The molecule has 3 aromatic carbocycles. The Balaban J connectivity index is 1.60. The van der Waals surface area contributed by atoms with Crippen LogP contribution in [0, 0.1) is 5.41 Å². The fourth-order valence-corrected chi connectivity index (χ4v) is 4.08. The zero-order chi connectivity index (χ0) is 23.5. The predicted octanol–water partition coefficient (Wildman–Crippen LogP) is 4.77. The minimum absolute atomic E-state index is 0.0134. The smallest absolute Gasteiger partial charge is 0.242 e. The monoisotopic (exact) mass is 480 g/mol. The van der Waals surface area contributed by atoms with Gasteiger partial charge in [0.1, 0.15) is 6.54 Å². The van der Waals surface area contributed by atoms with Crippen LogP contribution in [-0.4, -0.2) is 32.8 Å². The van der Waals surface area contributed by atoms with Gasteiger partial charge in [-0.15, -0.1) is 0 Å². The Labute approximate surface area is 201 Å². The number of ketones is 1. The number of aromatic nitrogens is 2. The molecule has 0 atom stereocenters. The number of hydrogen-bond acceptors (Lipinski definition) is 3. The van der Waals surface area contributed by atoms with E-state index in [1.165, 1.54) is 0 Å².